The van der Waals surface area contributed by atoms with Crippen molar-refractivity contribution < 1.29 is 9.53 Å². The molecule has 0 aromatic heterocycles. The quantitative estimate of drug-likeness (QED) is 0.234. The van der Waals surface area contributed by atoms with Gasteiger partial charge in [-0.2, -0.15) is 0 Å². The monoisotopic (exact) mass is 513 g/mol. The zero-order valence-corrected chi connectivity index (χ0v) is 20.8. The SMILES string of the molecule is COc1ccc(CN(CCC(c2ccccc2)c2ccccc2)C(=O)c2cccc(Br)c2)cc1. The third kappa shape index (κ3) is 6.15. The third-order valence-corrected chi connectivity index (χ3v) is 6.48. The van der Waals surface area contributed by atoms with Crippen LogP contribution in [-0.2, 0) is 6.54 Å². The van der Waals surface area contributed by atoms with Gasteiger partial charge in [-0.3, -0.25) is 4.79 Å². The Bertz CT molecular complexity index is 1150. The average Bonchev–Trinajstić information content (AvgIpc) is 2.89. The molecule has 0 bridgehead atoms. The predicted molar refractivity (Wildman–Crippen MR) is 141 cm³/mol. The molecule has 0 aliphatic rings. The van der Waals surface area contributed by atoms with E-state index in [0.717, 1.165) is 22.2 Å². The number of rotatable bonds is 9. The molecule has 4 heteroatoms. The van der Waals surface area contributed by atoms with Crippen molar-refractivity contribution in [2.75, 3.05) is 13.7 Å². The fraction of sp³-hybridized carbons (Fsp3) is 0.167. The number of hydrogen-bond donors (Lipinski definition) is 0. The maximum absolute atomic E-state index is 13.6. The van der Waals surface area contributed by atoms with E-state index in [1.54, 1.807) is 7.11 Å². The number of methoxy groups -OCH3 is 1. The molecule has 0 heterocycles. The van der Waals surface area contributed by atoms with Crippen molar-refractivity contribution in [1.82, 2.24) is 4.90 Å². The molecule has 0 radical (unpaired) electrons. The summed E-state index contributed by atoms with van der Waals surface area (Å²) >= 11 is 3.50. The Morgan fingerprint density at radius 1 is 0.824 bits per heavy atom. The minimum absolute atomic E-state index is 0.0250. The Kier molecular flexibility index (Phi) is 8.16. The standard InChI is InChI=1S/C30H28BrNO2/c1-34-28-17-15-23(16-18-28)22-32(30(33)26-13-8-14-27(31)21-26)20-19-29(24-9-4-2-5-10-24)25-11-6-3-7-12-25/h2-18,21,29H,19-20,22H2,1H3. The van der Waals surface area contributed by atoms with Crippen LogP contribution in [0.25, 0.3) is 0 Å². The Balaban J connectivity index is 1.61. The summed E-state index contributed by atoms with van der Waals surface area (Å²) in [5.41, 5.74) is 4.26. The second kappa shape index (κ2) is 11.7. The van der Waals surface area contributed by atoms with E-state index in [0.29, 0.717) is 18.7 Å². The second-order valence-corrected chi connectivity index (χ2v) is 9.16. The second-order valence-electron chi connectivity index (χ2n) is 8.25. The Hall–Kier alpha value is -3.37. The molecule has 0 aliphatic heterocycles. The molecule has 1 amide bonds. The van der Waals surface area contributed by atoms with Gasteiger partial charge in [0.2, 0.25) is 0 Å². The van der Waals surface area contributed by atoms with Gasteiger partial charge in [0.25, 0.3) is 5.91 Å². The Morgan fingerprint density at radius 2 is 1.44 bits per heavy atom. The van der Waals surface area contributed by atoms with Crippen LogP contribution in [0.4, 0.5) is 0 Å². The van der Waals surface area contributed by atoms with Crippen LogP contribution < -0.4 is 4.74 Å². The molecule has 172 valence electrons. The number of amides is 1. The van der Waals surface area contributed by atoms with Gasteiger partial charge < -0.3 is 9.64 Å². The van der Waals surface area contributed by atoms with E-state index in [1.165, 1.54) is 11.1 Å². The number of carbonyl (C=O) groups is 1. The third-order valence-electron chi connectivity index (χ3n) is 5.98. The highest BCUT2D eigenvalue weighted by atomic mass is 79.9. The van der Waals surface area contributed by atoms with Crippen molar-refractivity contribution in [3.05, 3.63) is 136 Å². The van der Waals surface area contributed by atoms with Gasteiger partial charge in [0.15, 0.2) is 0 Å². The Labute approximate surface area is 210 Å². The summed E-state index contributed by atoms with van der Waals surface area (Å²) in [6.07, 6.45) is 0.823. The summed E-state index contributed by atoms with van der Waals surface area (Å²) in [5.74, 6) is 1.04. The minimum atomic E-state index is 0.0250. The zero-order chi connectivity index (χ0) is 23.8. The highest BCUT2D eigenvalue weighted by molar-refractivity contribution is 9.10. The van der Waals surface area contributed by atoms with Crippen molar-refractivity contribution in [3.63, 3.8) is 0 Å². The van der Waals surface area contributed by atoms with E-state index >= 15 is 0 Å². The molecule has 3 nitrogen and oxygen atoms in total. The van der Waals surface area contributed by atoms with E-state index in [1.807, 2.05) is 65.6 Å². The van der Waals surface area contributed by atoms with Crippen molar-refractivity contribution in [2.45, 2.75) is 18.9 Å². The molecule has 0 aliphatic carbocycles. The van der Waals surface area contributed by atoms with Gasteiger partial charge in [-0.1, -0.05) is 94.8 Å². The van der Waals surface area contributed by atoms with Crippen LogP contribution in [0.5, 0.6) is 5.75 Å². The Morgan fingerprint density at radius 3 is 2.00 bits per heavy atom. The van der Waals surface area contributed by atoms with Gasteiger partial charge in [-0.05, 0) is 53.4 Å². The molecule has 0 fully saturated rings. The largest absolute Gasteiger partial charge is 0.497 e. The smallest absolute Gasteiger partial charge is 0.254 e. The molecule has 0 saturated carbocycles. The van der Waals surface area contributed by atoms with E-state index in [4.69, 9.17) is 4.74 Å². The number of hydrogen-bond acceptors (Lipinski definition) is 2. The molecule has 0 unspecified atom stereocenters. The van der Waals surface area contributed by atoms with Crippen LogP contribution in [0.3, 0.4) is 0 Å². The lowest BCUT2D eigenvalue weighted by atomic mass is 9.88. The predicted octanol–water partition coefficient (Wildman–Crippen LogP) is 7.32. The summed E-state index contributed by atoms with van der Waals surface area (Å²) in [5, 5.41) is 0. The molecule has 4 aromatic carbocycles. The summed E-state index contributed by atoms with van der Waals surface area (Å²) in [4.78, 5) is 15.5. The highest BCUT2D eigenvalue weighted by Crippen LogP contribution is 2.29. The number of halogens is 1. The topological polar surface area (TPSA) is 29.5 Å². The van der Waals surface area contributed by atoms with Crippen LogP contribution in [0.2, 0.25) is 0 Å². The van der Waals surface area contributed by atoms with Gasteiger partial charge in [0.1, 0.15) is 5.75 Å². The first-order valence-electron chi connectivity index (χ1n) is 11.4. The summed E-state index contributed by atoms with van der Waals surface area (Å²) in [7, 11) is 1.66. The molecule has 4 rings (SSSR count). The van der Waals surface area contributed by atoms with Crippen LogP contribution >= 0.6 is 15.9 Å². The van der Waals surface area contributed by atoms with Gasteiger partial charge in [-0.15, -0.1) is 0 Å². The molecular formula is C30H28BrNO2. The van der Waals surface area contributed by atoms with E-state index in [9.17, 15) is 4.79 Å². The molecule has 0 atom stereocenters. The molecule has 0 spiro atoms. The fourth-order valence-corrected chi connectivity index (χ4v) is 4.59. The molecule has 0 N–H and O–H groups in total. The molecule has 4 aromatic rings. The first-order valence-corrected chi connectivity index (χ1v) is 12.2. The van der Waals surface area contributed by atoms with Crippen molar-refractivity contribution in [1.29, 1.82) is 0 Å². The van der Waals surface area contributed by atoms with Crippen molar-refractivity contribution in [3.8, 4) is 5.75 Å². The lowest BCUT2D eigenvalue weighted by Gasteiger charge is -2.26. The maximum Gasteiger partial charge on any atom is 0.254 e. The minimum Gasteiger partial charge on any atom is -0.497 e. The number of nitrogens with zero attached hydrogens (tertiary/aromatic N) is 1. The van der Waals surface area contributed by atoms with Gasteiger partial charge in [0.05, 0.1) is 7.11 Å². The van der Waals surface area contributed by atoms with E-state index in [2.05, 4.69) is 64.5 Å². The average molecular weight is 514 g/mol. The van der Waals surface area contributed by atoms with Crippen LogP contribution in [0.1, 0.15) is 39.4 Å². The summed E-state index contributed by atoms with van der Waals surface area (Å²) < 4.78 is 6.19. The lowest BCUT2D eigenvalue weighted by molar-refractivity contribution is 0.0739. The van der Waals surface area contributed by atoms with Gasteiger partial charge >= 0.3 is 0 Å². The summed E-state index contributed by atoms with van der Waals surface area (Å²) in [6, 6.07) is 36.6. The zero-order valence-electron chi connectivity index (χ0n) is 19.2. The fourth-order valence-electron chi connectivity index (χ4n) is 4.19. The molecule has 34 heavy (non-hydrogen) atoms. The van der Waals surface area contributed by atoms with Crippen molar-refractivity contribution in [2.24, 2.45) is 0 Å². The molecule has 0 saturated heterocycles. The molecular weight excluding hydrogens is 486 g/mol. The maximum atomic E-state index is 13.6. The van der Waals surface area contributed by atoms with Crippen LogP contribution in [0, 0.1) is 0 Å². The van der Waals surface area contributed by atoms with E-state index in [-0.39, 0.29) is 11.8 Å². The number of carbonyl (C=O) groups excluding carboxylic acids is 1. The van der Waals surface area contributed by atoms with Crippen LogP contribution in [0.15, 0.2) is 114 Å². The lowest BCUT2D eigenvalue weighted by Crippen LogP contribution is -2.32. The van der Waals surface area contributed by atoms with E-state index < -0.39 is 0 Å². The van der Waals surface area contributed by atoms with Gasteiger partial charge in [-0.25, -0.2) is 0 Å². The highest BCUT2D eigenvalue weighted by Gasteiger charge is 2.20. The number of ether oxygens (including phenoxy) is 1. The van der Waals surface area contributed by atoms with Gasteiger partial charge in [0, 0.05) is 29.0 Å². The normalized spacial score (nSPS) is 10.8. The van der Waals surface area contributed by atoms with Crippen LogP contribution in [-0.4, -0.2) is 24.5 Å². The first-order chi connectivity index (χ1) is 16.6. The first kappa shape index (κ1) is 23.8. The number of benzene rings is 4. The summed E-state index contributed by atoms with van der Waals surface area (Å²) in [6.45, 7) is 1.16. The van der Waals surface area contributed by atoms with Crippen molar-refractivity contribution >= 4 is 21.8 Å².